The molecule has 0 atom stereocenters. The Morgan fingerprint density at radius 1 is 0.966 bits per heavy atom. The first kappa shape index (κ1) is 18.9. The van der Waals surface area contributed by atoms with Gasteiger partial charge in [0.05, 0.1) is 0 Å². The molecular weight excluding hydrogens is 369 g/mol. The van der Waals surface area contributed by atoms with E-state index in [9.17, 15) is 9.18 Å². The van der Waals surface area contributed by atoms with Crippen LogP contribution in [0.15, 0.2) is 66.9 Å². The summed E-state index contributed by atoms with van der Waals surface area (Å²) in [4.78, 5) is 25.4. The summed E-state index contributed by atoms with van der Waals surface area (Å²) >= 11 is 0. The van der Waals surface area contributed by atoms with Gasteiger partial charge in [-0.2, -0.15) is 0 Å². The highest BCUT2D eigenvalue weighted by atomic mass is 19.1. The Balaban J connectivity index is 1.35. The molecular formula is C22H22FN5O. The van der Waals surface area contributed by atoms with E-state index in [1.807, 2.05) is 30.3 Å². The van der Waals surface area contributed by atoms with Crippen LogP contribution in [0.2, 0.25) is 0 Å². The highest BCUT2D eigenvalue weighted by molar-refractivity contribution is 5.92. The molecule has 0 unspecified atom stereocenters. The van der Waals surface area contributed by atoms with E-state index in [4.69, 9.17) is 0 Å². The first-order valence-electron chi connectivity index (χ1n) is 9.60. The van der Waals surface area contributed by atoms with Crippen LogP contribution in [-0.2, 0) is 6.54 Å². The van der Waals surface area contributed by atoms with Crippen molar-refractivity contribution in [1.29, 1.82) is 0 Å². The molecule has 1 N–H and O–H groups in total. The van der Waals surface area contributed by atoms with E-state index in [1.165, 1.54) is 12.1 Å². The largest absolute Gasteiger partial charge is 0.368 e. The zero-order chi connectivity index (χ0) is 20.1. The van der Waals surface area contributed by atoms with Crippen LogP contribution in [0.4, 0.5) is 16.0 Å². The van der Waals surface area contributed by atoms with Gasteiger partial charge in [-0.05, 0) is 35.9 Å². The minimum absolute atomic E-state index is 0.103. The average molecular weight is 391 g/mol. The highest BCUT2D eigenvalue weighted by Crippen LogP contribution is 2.18. The number of carbonyl (C=O) groups is 1. The Labute approximate surface area is 169 Å². The van der Waals surface area contributed by atoms with Gasteiger partial charge < -0.3 is 15.1 Å². The lowest BCUT2D eigenvalue weighted by Crippen LogP contribution is -2.49. The van der Waals surface area contributed by atoms with Crippen molar-refractivity contribution in [1.82, 2.24) is 14.9 Å². The van der Waals surface area contributed by atoms with Crippen molar-refractivity contribution in [3.05, 3.63) is 83.9 Å². The predicted octanol–water partition coefficient (Wildman–Crippen LogP) is 3.19. The van der Waals surface area contributed by atoms with E-state index in [2.05, 4.69) is 20.2 Å². The molecule has 1 aliphatic rings. The molecule has 2 heterocycles. The summed E-state index contributed by atoms with van der Waals surface area (Å²) < 4.78 is 13.1. The number of anilines is 2. The van der Waals surface area contributed by atoms with Crippen molar-refractivity contribution < 1.29 is 9.18 Å². The maximum Gasteiger partial charge on any atom is 0.272 e. The Kier molecular flexibility index (Phi) is 5.65. The van der Waals surface area contributed by atoms with Crippen LogP contribution < -0.4 is 10.2 Å². The third-order valence-electron chi connectivity index (χ3n) is 4.93. The summed E-state index contributed by atoms with van der Waals surface area (Å²) in [5.74, 6) is 0.0848. The maximum absolute atomic E-state index is 13.1. The molecule has 0 bridgehead atoms. The second-order valence-electron chi connectivity index (χ2n) is 6.86. The van der Waals surface area contributed by atoms with E-state index < -0.39 is 0 Å². The van der Waals surface area contributed by atoms with Crippen LogP contribution in [-0.4, -0.2) is 47.0 Å². The Hall–Kier alpha value is -3.48. The molecule has 4 rings (SSSR count). The minimum Gasteiger partial charge on any atom is -0.368 e. The summed E-state index contributed by atoms with van der Waals surface area (Å²) in [5.41, 5.74) is 2.46. The first-order valence-corrected chi connectivity index (χ1v) is 9.60. The minimum atomic E-state index is -0.247. The standard InChI is InChI=1S/C22H22FN5O/c23-18-6-8-19(9-7-18)27-12-14-28(15-13-27)21(29)20-10-11-24-22(26-20)25-16-17-4-2-1-3-5-17/h1-11H,12-16H2,(H,24,25,26). The zero-order valence-corrected chi connectivity index (χ0v) is 16.0. The van der Waals surface area contributed by atoms with E-state index in [0.29, 0.717) is 44.4 Å². The lowest BCUT2D eigenvalue weighted by atomic mass is 10.2. The van der Waals surface area contributed by atoms with Crippen LogP contribution in [0, 0.1) is 5.82 Å². The van der Waals surface area contributed by atoms with Crippen molar-refractivity contribution in [3.8, 4) is 0 Å². The summed E-state index contributed by atoms with van der Waals surface area (Å²) in [6.07, 6.45) is 1.60. The second kappa shape index (κ2) is 8.68. The molecule has 0 radical (unpaired) electrons. The molecule has 2 aromatic carbocycles. The molecule has 0 saturated carbocycles. The summed E-state index contributed by atoms with van der Waals surface area (Å²) in [6, 6.07) is 18.0. The van der Waals surface area contributed by atoms with Crippen molar-refractivity contribution in [2.75, 3.05) is 36.4 Å². The van der Waals surface area contributed by atoms with Gasteiger partial charge in [0.1, 0.15) is 11.5 Å². The maximum atomic E-state index is 13.1. The molecule has 6 nitrogen and oxygen atoms in total. The van der Waals surface area contributed by atoms with Gasteiger partial charge in [0, 0.05) is 44.6 Å². The van der Waals surface area contributed by atoms with Crippen molar-refractivity contribution in [3.63, 3.8) is 0 Å². The number of rotatable bonds is 5. The molecule has 3 aromatic rings. The number of piperazine rings is 1. The monoisotopic (exact) mass is 391 g/mol. The molecule has 1 aliphatic heterocycles. The van der Waals surface area contributed by atoms with E-state index in [0.717, 1.165) is 11.3 Å². The Bertz CT molecular complexity index is 956. The summed E-state index contributed by atoms with van der Waals surface area (Å²) in [5, 5.41) is 3.16. The first-order chi connectivity index (χ1) is 14.2. The lowest BCUT2D eigenvalue weighted by Gasteiger charge is -2.36. The van der Waals surface area contributed by atoms with Crippen molar-refractivity contribution in [2.45, 2.75) is 6.54 Å². The van der Waals surface area contributed by atoms with Gasteiger partial charge in [-0.15, -0.1) is 0 Å². The number of hydrogen-bond donors (Lipinski definition) is 1. The molecule has 1 fully saturated rings. The average Bonchev–Trinajstić information content (AvgIpc) is 2.79. The van der Waals surface area contributed by atoms with Gasteiger partial charge >= 0.3 is 0 Å². The van der Waals surface area contributed by atoms with Gasteiger partial charge in [0.2, 0.25) is 5.95 Å². The van der Waals surface area contributed by atoms with Crippen molar-refractivity contribution >= 4 is 17.5 Å². The van der Waals surface area contributed by atoms with Gasteiger partial charge in [0.15, 0.2) is 0 Å². The quantitative estimate of drug-likeness (QED) is 0.724. The fourth-order valence-corrected chi connectivity index (χ4v) is 3.32. The molecule has 1 aromatic heterocycles. The van der Waals surface area contributed by atoms with Crippen LogP contribution in [0.1, 0.15) is 16.1 Å². The third-order valence-corrected chi connectivity index (χ3v) is 4.93. The van der Waals surface area contributed by atoms with E-state index >= 15 is 0 Å². The van der Waals surface area contributed by atoms with Gasteiger partial charge in [-0.1, -0.05) is 30.3 Å². The molecule has 29 heavy (non-hydrogen) atoms. The summed E-state index contributed by atoms with van der Waals surface area (Å²) in [7, 11) is 0. The molecule has 7 heteroatoms. The predicted molar refractivity (Wildman–Crippen MR) is 110 cm³/mol. The number of aromatic nitrogens is 2. The molecule has 1 saturated heterocycles. The van der Waals surface area contributed by atoms with Gasteiger partial charge in [-0.3, -0.25) is 4.79 Å². The number of halogens is 1. The number of carbonyl (C=O) groups excluding carboxylic acids is 1. The molecule has 0 aliphatic carbocycles. The fraction of sp³-hybridized carbons (Fsp3) is 0.227. The SMILES string of the molecule is O=C(c1ccnc(NCc2ccccc2)n1)N1CCN(c2ccc(F)cc2)CC1. The van der Waals surface area contributed by atoms with Crippen molar-refractivity contribution in [2.24, 2.45) is 0 Å². The van der Waals surface area contributed by atoms with Crippen LogP contribution in [0.3, 0.4) is 0 Å². The Morgan fingerprint density at radius 2 is 1.69 bits per heavy atom. The van der Waals surface area contributed by atoms with E-state index in [-0.39, 0.29) is 11.7 Å². The number of benzene rings is 2. The number of nitrogens with zero attached hydrogens (tertiary/aromatic N) is 4. The smallest absolute Gasteiger partial charge is 0.272 e. The van der Waals surface area contributed by atoms with Gasteiger partial charge in [-0.25, -0.2) is 14.4 Å². The third kappa shape index (κ3) is 4.68. The molecule has 0 spiro atoms. The second-order valence-corrected chi connectivity index (χ2v) is 6.86. The normalized spacial score (nSPS) is 14.0. The summed E-state index contributed by atoms with van der Waals surface area (Å²) in [6.45, 7) is 3.16. The molecule has 1 amide bonds. The van der Waals surface area contributed by atoms with Crippen LogP contribution >= 0.6 is 0 Å². The molecule has 148 valence electrons. The number of nitrogens with one attached hydrogen (secondary N) is 1. The van der Waals surface area contributed by atoms with Crippen LogP contribution in [0.5, 0.6) is 0 Å². The highest BCUT2D eigenvalue weighted by Gasteiger charge is 2.23. The number of hydrogen-bond acceptors (Lipinski definition) is 5. The fourth-order valence-electron chi connectivity index (χ4n) is 3.32. The van der Waals surface area contributed by atoms with E-state index in [1.54, 1.807) is 29.3 Å². The zero-order valence-electron chi connectivity index (χ0n) is 16.0. The Morgan fingerprint density at radius 3 is 2.41 bits per heavy atom. The van der Waals surface area contributed by atoms with Gasteiger partial charge in [0.25, 0.3) is 5.91 Å². The topological polar surface area (TPSA) is 61.4 Å². The number of amides is 1. The lowest BCUT2D eigenvalue weighted by molar-refractivity contribution is 0.0741. The van der Waals surface area contributed by atoms with Crippen LogP contribution in [0.25, 0.3) is 0 Å².